The highest BCUT2D eigenvalue weighted by atomic mass is 19.1. The standard InChI is InChI=1S/C29H31FN10O/c30-23-18-33-29(34-19-23)39-11-7-21(8-12-39)27(5-9-31)40-20-22(17-35-40)26-6-10-32-28(37-26)36-24-1-3-25(4-2-24)38-13-15-41-16-14-38/h1-4,6,10,17-21,27H,5,7-8,11-16H2,(H,32,36,37). The first-order valence-corrected chi connectivity index (χ1v) is 13.8. The maximum absolute atomic E-state index is 13.2. The van der Waals surface area contributed by atoms with Crippen molar-refractivity contribution in [1.29, 1.82) is 5.26 Å². The number of aromatic nitrogens is 6. The zero-order valence-electron chi connectivity index (χ0n) is 22.6. The molecule has 1 unspecified atom stereocenters. The SMILES string of the molecule is N#CCC(C1CCN(c2ncc(F)cn2)CC1)n1cc(-c2ccnc(Nc3ccc(N4CCOCC4)cc3)n2)cn1. The van der Waals surface area contributed by atoms with Crippen LogP contribution in [0, 0.1) is 23.1 Å². The number of rotatable bonds is 8. The van der Waals surface area contributed by atoms with Crippen molar-refractivity contribution >= 4 is 23.3 Å². The van der Waals surface area contributed by atoms with Gasteiger partial charge in [-0.3, -0.25) is 4.68 Å². The van der Waals surface area contributed by atoms with Crippen molar-refractivity contribution in [1.82, 2.24) is 29.7 Å². The number of piperidine rings is 1. The van der Waals surface area contributed by atoms with Crippen molar-refractivity contribution in [3.63, 3.8) is 0 Å². The molecule has 0 radical (unpaired) electrons. The third-order valence-corrected chi connectivity index (χ3v) is 7.67. The number of anilines is 4. The van der Waals surface area contributed by atoms with E-state index in [2.05, 4.69) is 53.4 Å². The molecule has 5 heterocycles. The molecular weight excluding hydrogens is 523 g/mol. The van der Waals surface area contributed by atoms with E-state index in [1.54, 1.807) is 12.4 Å². The van der Waals surface area contributed by atoms with E-state index < -0.39 is 5.82 Å². The van der Waals surface area contributed by atoms with Gasteiger partial charge in [-0.25, -0.2) is 24.3 Å². The van der Waals surface area contributed by atoms with Crippen LogP contribution in [0.5, 0.6) is 0 Å². The number of nitriles is 1. The minimum atomic E-state index is -0.447. The van der Waals surface area contributed by atoms with Gasteiger partial charge < -0.3 is 19.9 Å². The van der Waals surface area contributed by atoms with E-state index in [-0.39, 0.29) is 12.0 Å². The summed E-state index contributed by atoms with van der Waals surface area (Å²) in [6, 6.07) is 12.4. The average molecular weight is 555 g/mol. The molecule has 1 aromatic carbocycles. The Hall–Kier alpha value is -4.63. The maximum Gasteiger partial charge on any atom is 0.227 e. The van der Waals surface area contributed by atoms with Crippen LogP contribution < -0.4 is 15.1 Å². The van der Waals surface area contributed by atoms with Crippen LogP contribution in [0.1, 0.15) is 25.3 Å². The summed E-state index contributed by atoms with van der Waals surface area (Å²) in [5.74, 6) is 0.849. The molecule has 2 aliphatic rings. The number of morpholine rings is 1. The lowest BCUT2D eigenvalue weighted by atomic mass is 9.88. The predicted molar refractivity (Wildman–Crippen MR) is 152 cm³/mol. The van der Waals surface area contributed by atoms with Gasteiger partial charge in [0.15, 0.2) is 5.82 Å². The Bertz CT molecular complexity index is 1470. The first kappa shape index (κ1) is 26.6. The van der Waals surface area contributed by atoms with Gasteiger partial charge in [-0.2, -0.15) is 10.4 Å². The zero-order valence-corrected chi connectivity index (χ0v) is 22.6. The van der Waals surface area contributed by atoms with Crippen molar-refractivity contribution in [2.75, 3.05) is 54.5 Å². The molecule has 6 rings (SSSR count). The average Bonchev–Trinajstić information content (AvgIpc) is 3.52. The fourth-order valence-electron chi connectivity index (χ4n) is 5.46. The number of nitrogens with zero attached hydrogens (tertiary/aromatic N) is 9. The smallest absolute Gasteiger partial charge is 0.227 e. The van der Waals surface area contributed by atoms with E-state index in [1.165, 1.54) is 18.1 Å². The zero-order chi connectivity index (χ0) is 28.0. The molecule has 0 amide bonds. The minimum absolute atomic E-state index is 0.0607. The quantitative estimate of drug-likeness (QED) is 0.339. The predicted octanol–water partition coefficient (Wildman–Crippen LogP) is 4.22. The summed E-state index contributed by atoms with van der Waals surface area (Å²) >= 11 is 0. The fraction of sp³-hybridized carbons (Fsp3) is 0.379. The first-order valence-electron chi connectivity index (χ1n) is 13.8. The number of halogens is 1. The lowest BCUT2D eigenvalue weighted by Gasteiger charge is -2.35. The molecule has 41 heavy (non-hydrogen) atoms. The summed E-state index contributed by atoms with van der Waals surface area (Å²) in [5.41, 5.74) is 3.68. The van der Waals surface area contributed by atoms with Crippen LogP contribution in [-0.4, -0.2) is 69.1 Å². The van der Waals surface area contributed by atoms with Crippen LogP contribution in [0.4, 0.5) is 27.7 Å². The Morgan fingerprint density at radius 2 is 1.73 bits per heavy atom. The van der Waals surface area contributed by atoms with Gasteiger partial charge >= 0.3 is 0 Å². The number of hydrogen-bond donors (Lipinski definition) is 1. The number of ether oxygens (including phenoxy) is 1. The summed E-state index contributed by atoms with van der Waals surface area (Å²) in [7, 11) is 0. The monoisotopic (exact) mass is 554 g/mol. The molecule has 0 saturated carbocycles. The molecule has 2 saturated heterocycles. The number of benzene rings is 1. The highest BCUT2D eigenvalue weighted by Crippen LogP contribution is 2.33. The Kier molecular flexibility index (Phi) is 7.95. The maximum atomic E-state index is 13.2. The molecular formula is C29H31FN10O. The van der Waals surface area contributed by atoms with Crippen LogP contribution in [0.2, 0.25) is 0 Å². The van der Waals surface area contributed by atoms with Crippen LogP contribution in [0.25, 0.3) is 11.3 Å². The summed E-state index contributed by atoms with van der Waals surface area (Å²) in [4.78, 5) is 21.7. The number of hydrogen-bond acceptors (Lipinski definition) is 10. The Morgan fingerprint density at radius 3 is 2.46 bits per heavy atom. The van der Waals surface area contributed by atoms with Crippen LogP contribution in [0.15, 0.2) is 61.3 Å². The fourth-order valence-corrected chi connectivity index (χ4v) is 5.46. The molecule has 0 spiro atoms. The molecule has 11 nitrogen and oxygen atoms in total. The van der Waals surface area contributed by atoms with Crippen molar-refractivity contribution in [3.8, 4) is 17.3 Å². The molecule has 2 fully saturated rings. The van der Waals surface area contributed by atoms with Crippen molar-refractivity contribution in [3.05, 3.63) is 67.1 Å². The highest BCUT2D eigenvalue weighted by Gasteiger charge is 2.29. The Labute approximate surface area is 237 Å². The molecule has 1 atom stereocenters. The molecule has 2 aliphatic heterocycles. The lowest BCUT2D eigenvalue weighted by molar-refractivity contribution is 0.122. The topological polar surface area (TPSA) is 121 Å². The molecule has 210 valence electrons. The Balaban J connectivity index is 1.11. The molecule has 0 bridgehead atoms. The molecule has 3 aromatic heterocycles. The van der Waals surface area contributed by atoms with E-state index in [0.717, 1.165) is 69.2 Å². The van der Waals surface area contributed by atoms with E-state index >= 15 is 0 Å². The van der Waals surface area contributed by atoms with Gasteiger partial charge in [0.2, 0.25) is 11.9 Å². The second-order valence-corrected chi connectivity index (χ2v) is 10.2. The van der Waals surface area contributed by atoms with E-state index in [0.29, 0.717) is 18.3 Å². The van der Waals surface area contributed by atoms with Gasteiger partial charge in [0, 0.05) is 55.5 Å². The molecule has 1 N–H and O–H groups in total. The third kappa shape index (κ3) is 6.25. The summed E-state index contributed by atoms with van der Waals surface area (Å²) in [6.07, 6.45) is 9.92. The molecule has 0 aliphatic carbocycles. The summed E-state index contributed by atoms with van der Waals surface area (Å²) in [5, 5.41) is 17.5. The van der Waals surface area contributed by atoms with Gasteiger partial charge in [0.25, 0.3) is 0 Å². The minimum Gasteiger partial charge on any atom is -0.378 e. The van der Waals surface area contributed by atoms with Gasteiger partial charge in [0.1, 0.15) is 0 Å². The van der Waals surface area contributed by atoms with Gasteiger partial charge in [-0.05, 0) is 49.1 Å². The van der Waals surface area contributed by atoms with Crippen LogP contribution in [0.3, 0.4) is 0 Å². The van der Waals surface area contributed by atoms with Gasteiger partial charge in [-0.15, -0.1) is 0 Å². The van der Waals surface area contributed by atoms with Gasteiger partial charge in [-0.1, -0.05) is 0 Å². The highest BCUT2D eigenvalue weighted by molar-refractivity contribution is 5.62. The van der Waals surface area contributed by atoms with Crippen molar-refractivity contribution in [2.24, 2.45) is 5.92 Å². The lowest BCUT2D eigenvalue weighted by Crippen LogP contribution is -2.37. The van der Waals surface area contributed by atoms with Crippen molar-refractivity contribution < 1.29 is 9.13 Å². The van der Waals surface area contributed by atoms with Crippen molar-refractivity contribution in [2.45, 2.75) is 25.3 Å². The van der Waals surface area contributed by atoms with E-state index in [4.69, 9.17) is 9.72 Å². The molecule has 4 aromatic rings. The summed E-state index contributed by atoms with van der Waals surface area (Å²) < 4.78 is 20.6. The summed E-state index contributed by atoms with van der Waals surface area (Å²) in [6.45, 7) is 4.76. The second-order valence-electron chi connectivity index (χ2n) is 10.2. The third-order valence-electron chi connectivity index (χ3n) is 7.67. The van der Waals surface area contributed by atoms with Gasteiger partial charge in [0.05, 0.1) is 56.0 Å². The van der Waals surface area contributed by atoms with E-state index in [9.17, 15) is 9.65 Å². The van der Waals surface area contributed by atoms with Crippen LogP contribution in [-0.2, 0) is 4.74 Å². The first-order chi connectivity index (χ1) is 20.2. The largest absolute Gasteiger partial charge is 0.378 e. The van der Waals surface area contributed by atoms with E-state index in [1.807, 2.05) is 29.1 Å². The number of nitrogens with one attached hydrogen (secondary N) is 1. The molecule has 12 heteroatoms. The van der Waals surface area contributed by atoms with Crippen LogP contribution >= 0.6 is 0 Å². The Morgan fingerprint density at radius 1 is 0.976 bits per heavy atom. The second kappa shape index (κ2) is 12.3. The normalized spacial score (nSPS) is 16.8.